The summed E-state index contributed by atoms with van der Waals surface area (Å²) in [6.07, 6.45) is 1.32. The number of halogens is 1. The molecule has 1 N–H and O–H groups in total. The molecule has 4 rings (SSSR count). The molecule has 1 saturated heterocycles. The normalized spacial score (nSPS) is 19.8. The van der Waals surface area contributed by atoms with Gasteiger partial charge < -0.3 is 9.64 Å². The van der Waals surface area contributed by atoms with Crippen LogP contribution in [0.1, 0.15) is 44.2 Å². The fourth-order valence-corrected chi connectivity index (χ4v) is 6.00. The fraction of sp³-hybridized carbons (Fsp3) is 0.423. The number of fused-ring (bicyclic) bond motifs is 1. The van der Waals surface area contributed by atoms with E-state index in [1.807, 2.05) is 44.2 Å². The highest BCUT2D eigenvalue weighted by atomic mass is 35.5. The largest absolute Gasteiger partial charge is 0.381 e. The lowest BCUT2D eigenvalue weighted by molar-refractivity contribution is -0.124. The van der Waals surface area contributed by atoms with Crippen LogP contribution in [-0.4, -0.2) is 57.0 Å². The summed E-state index contributed by atoms with van der Waals surface area (Å²) in [7, 11) is -3.90. The molecule has 2 aromatic carbocycles. The predicted molar refractivity (Wildman–Crippen MR) is 140 cm³/mol. The Balaban J connectivity index is 1.73. The number of carbonyl (C=O) groups is 2. The fourth-order valence-electron chi connectivity index (χ4n) is 4.46. The van der Waals surface area contributed by atoms with Crippen LogP contribution in [0.25, 0.3) is 0 Å². The smallest absolute Gasteiger partial charge is 0.253 e. The van der Waals surface area contributed by atoms with Crippen LogP contribution in [0.2, 0.25) is 5.02 Å². The van der Waals surface area contributed by atoms with Crippen molar-refractivity contribution in [3.8, 4) is 0 Å². The molecule has 10 heteroatoms. The summed E-state index contributed by atoms with van der Waals surface area (Å²) in [6.45, 7) is 4.11. The van der Waals surface area contributed by atoms with Crippen molar-refractivity contribution >= 4 is 44.8 Å². The molecule has 2 atom stereocenters. The van der Waals surface area contributed by atoms with E-state index in [-0.39, 0.29) is 11.8 Å². The van der Waals surface area contributed by atoms with Crippen LogP contribution in [0, 0.1) is 5.92 Å². The zero-order valence-corrected chi connectivity index (χ0v) is 21.9. The molecule has 0 aliphatic carbocycles. The summed E-state index contributed by atoms with van der Waals surface area (Å²) in [4.78, 5) is 33.1. The zero-order valence-electron chi connectivity index (χ0n) is 20.3. The van der Waals surface area contributed by atoms with E-state index in [9.17, 15) is 18.0 Å². The van der Waals surface area contributed by atoms with Crippen molar-refractivity contribution in [2.24, 2.45) is 10.9 Å². The van der Waals surface area contributed by atoms with E-state index in [4.69, 9.17) is 21.3 Å². The van der Waals surface area contributed by atoms with E-state index in [0.717, 1.165) is 5.56 Å². The van der Waals surface area contributed by atoms with Gasteiger partial charge in [-0.2, -0.15) is 0 Å². The number of aliphatic imine (C=N–C) groups is 1. The van der Waals surface area contributed by atoms with Crippen molar-refractivity contribution < 1.29 is 22.7 Å². The molecule has 0 unspecified atom stereocenters. The van der Waals surface area contributed by atoms with Crippen LogP contribution >= 0.6 is 11.6 Å². The first-order valence-corrected chi connectivity index (χ1v) is 14.0. The van der Waals surface area contributed by atoms with Crippen LogP contribution in [0.15, 0.2) is 53.5 Å². The summed E-state index contributed by atoms with van der Waals surface area (Å²) in [6, 6.07) is 13.8. The molecule has 2 aliphatic rings. The van der Waals surface area contributed by atoms with Gasteiger partial charge in [-0.25, -0.2) is 8.42 Å². The third-order valence-corrected chi connectivity index (χ3v) is 8.78. The van der Waals surface area contributed by atoms with Gasteiger partial charge in [0.25, 0.3) is 11.8 Å². The predicted octanol–water partition coefficient (Wildman–Crippen LogP) is 3.56. The van der Waals surface area contributed by atoms with Gasteiger partial charge in [0.1, 0.15) is 12.6 Å². The van der Waals surface area contributed by atoms with Crippen LogP contribution < -0.4 is 9.62 Å². The second-order valence-corrected chi connectivity index (χ2v) is 11.5. The molecule has 0 aromatic heterocycles. The Kier molecular flexibility index (Phi) is 8.12. The Morgan fingerprint density at radius 2 is 1.89 bits per heavy atom. The topological polar surface area (TPSA) is 105 Å². The SMILES string of the molecule is CC[C@H](C)[C@@H]1N=C(c2ccccc2)c2cc(Cl)ccc2N(CC(=O)NS(=O)(=O)C2CCOCC2)C1=O. The van der Waals surface area contributed by atoms with Crippen molar-refractivity contribution in [3.63, 3.8) is 0 Å². The molecule has 2 amide bonds. The van der Waals surface area contributed by atoms with Crippen molar-refractivity contribution in [1.82, 2.24) is 4.72 Å². The van der Waals surface area contributed by atoms with Crippen LogP contribution in [0.4, 0.5) is 5.69 Å². The Morgan fingerprint density at radius 1 is 1.19 bits per heavy atom. The number of benzodiazepines with no additional fused rings is 1. The van der Waals surface area contributed by atoms with Crippen molar-refractivity contribution in [2.45, 2.75) is 44.4 Å². The molecule has 2 aromatic rings. The molecule has 1 fully saturated rings. The minimum Gasteiger partial charge on any atom is -0.381 e. The van der Waals surface area contributed by atoms with Gasteiger partial charge in [0.2, 0.25) is 10.0 Å². The summed E-state index contributed by atoms with van der Waals surface area (Å²) in [5, 5.41) is -0.250. The van der Waals surface area contributed by atoms with Crippen molar-refractivity contribution in [1.29, 1.82) is 0 Å². The number of sulfonamides is 1. The number of nitrogens with one attached hydrogen (secondary N) is 1. The molecule has 2 aliphatic heterocycles. The van der Waals surface area contributed by atoms with E-state index >= 15 is 0 Å². The van der Waals surface area contributed by atoms with Gasteiger partial charge in [0, 0.05) is 29.4 Å². The number of hydrogen-bond acceptors (Lipinski definition) is 6. The van der Waals surface area contributed by atoms with Gasteiger partial charge in [-0.1, -0.05) is 62.2 Å². The zero-order chi connectivity index (χ0) is 25.9. The minimum atomic E-state index is -3.90. The standard InChI is InChI=1S/C26H30ClN3O5S/c1-3-17(2)24-26(32)30(16-23(31)29-36(33,34)20-11-13-35-14-12-20)22-10-9-19(27)15-21(22)25(28-24)18-7-5-4-6-8-18/h4-10,15,17,20,24H,3,11-14,16H2,1-2H3,(H,29,31)/t17-,24-/m0/s1. The molecule has 8 nitrogen and oxygen atoms in total. The Labute approximate surface area is 216 Å². The molecular weight excluding hydrogens is 502 g/mol. The number of rotatable bonds is 7. The van der Waals surface area contributed by atoms with E-state index in [1.165, 1.54) is 4.90 Å². The number of amides is 2. The number of benzene rings is 2. The van der Waals surface area contributed by atoms with Gasteiger partial charge in [-0.05, 0) is 37.0 Å². The maximum atomic E-state index is 13.8. The average Bonchev–Trinajstić information content (AvgIpc) is 2.99. The molecule has 36 heavy (non-hydrogen) atoms. The summed E-state index contributed by atoms with van der Waals surface area (Å²) in [5.41, 5.74) is 2.48. The highest BCUT2D eigenvalue weighted by molar-refractivity contribution is 7.90. The number of carbonyl (C=O) groups excluding carboxylic acids is 2. The van der Waals surface area contributed by atoms with Crippen molar-refractivity contribution in [3.05, 3.63) is 64.7 Å². The van der Waals surface area contributed by atoms with Gasteiger partial charge in [0.05, 0.1) is 16.6 Å². The summed E-state index contributed by atoms with van der Waals surface area (Å²) >= 11 is 6.34. The molecule has 0 spiro atoms. The second kappa shape index (κ2) is 11.1. The molecule has 0 saturated carbocycles. The van der Waals surface area contributed by atoms with Gasteiger partial charge in [-0.3, -0.25) is 19.3 Å². The van der Waals surface area contributed by atoms with Crippen LogP contribution in [-0.2, 0) is 24.3 Å². The lowest BCUT2D eigenvalue weighted by atomic mass is 9.98. The quantitative estimate of drug-likeness (QED) is 0.588. The van der Waals surface area contributed by atoms with Gasteiger partial charge in [0.15, 0.2) is 0 Å². The van der Waals surface area contributed by atoms with Crippen LogP contribution in [0.3, 0.4) is 0 Å². The number of nitrogens with zero attached hydrogens (tertiary/aromatic N) is 2. The van der Waals surface area contributed by atoms with E-state index in [1.54, 1.807) is 18.2 Å². The lowest BCUT2D eigenvalue weighted by Crippen LogP contribution is -2.49. The van der Waals surface area contributed by atoms with E-state index in [0.29, 0.717) is 54.5 Å². The average molecular weight is 532 g/mol. The first-order chi connectivity index (χ1) is 17.2. The number of hydrogen-bond donors (Lipinski definition) is 1. The summed E-state index contributed by atoms with van der Waals surface area (Å²) < 4.78 is 33.0. The number of anilines is 1. The maximum Gasteiger partial charge on any atom is 0.253 e. The highest BCUT2D eigenvalue weighted by Gasteiger charge is 2.37. The van der Waals surface area contributed by atoms with Crippen molar-refractivity contribution in [2.75, 3.05) is 24.7 Å². The lowest BCUT2D eigenvalue weighted by Gasteiger charge is -2.27. The van der Waals surface area contributed by atoms with Crippen LogP contribution in [0.5, 0.6) is 0 Å². The summed E-state index contributed by atoms with van der Waals surface area (Å²) in [5.74, 6) is -1.25. The number of ether oxygens (including phenoxy) is 1. The molecule has 192 valence electrons. The maximum absolute atomic E-state index is 13.8. The monoisotopic (exact) mass is 531 g/mol. The highest BCUT2D eigenvalue weighted by Crippen LogP contribution is 2.33. The Hall–Kier alpha value is -2.75. The molecule has 2 heterocycles. The first-order valence-electron chi connectivity index (χ1n) is 12.1. The Bertz CT molecular complexity index is 1260. The first kappa shape index (κ1) is 26.3. The van der Waals surface area contributed by atoms with E-state index in [2.05, 4.69) is 4.72 Å². The molecule has 0 radical (unpaired) electrons. The third kappa shape index (κ3) is 5.63. The molecular formula is C26H30ClN3O5S. The second-order valence-electron chi connectivity index (χ2n) is 9.14. The third-order valence-electron chi connectivity index (χ3n) is 6.69. The van der Waals surface area contributed by atoms with E-state index < -0.39 is 33.8 Å². The minimum absolute atomic E-state index is 0.113. The Morgan fingerprint density at radius 3 is 2.56 bits per heavy atom. The van der Waals surface area contributed by atoms with Gasteiger partial charge >= 0.3 is 0 Å². The van der Waals surface area contributed by atoms with Gasteiger partial charge in [-0.15, -0.1) is 0 Å². The molecule has 0 bridgehead atoms.